The predicted octanol–water partition coefficient (Wildman–Crippen LogP) is 3.37. The normalized spacial score (nSPS) is 10.4. The van der Waals surface area contributed by atoms with E-state index in [1.54, 1.807) is 0 Å². The minimum atomic E-state index is 0.0721. The third-order valence-electron chi connectivity index (χ3n) is 2.50. The van der Waals surface area contributed by atoms with Gasteiger partial charge in [-0.2, -0.15) is 0 Å². The molecule has 1 heterocycles. The van der Waals surface area contributed by atoms with Crippen LogP contribution in [0.5, 0.6) is 0 Å². The van der Waals surface area contributed by atoms with Crippen molar-refractivity contribution in [3.8, 4) is 10.4 Å². The Bertz CT molecular complexity index is 488. The summed E-state index contributed by atoms with van der Waals surface area (Å²) in [5.74, 6) is 0.117. The lowest BCUT2D eigenvalue weighted by Crippen LogP contribution is -1.96. The molecule has 0 atom stereocenters. The van der Waals surface area contributed by atoms with E-state index in [-0.39, 0.29) is 12.4 Å². The first-order valence-electron chi connectivity index (χ1n) is 5.60. The topological polar surface area (TPSA) is 37.3 Å². The van der Waals surface area contributed by atoms with Crippen molar-refractivity contribution in [2.45, 2.75) is 12.8 Å². The summed E-state index contributed by atoms with van der Waals surface area (Å²) in [6.07, 6.45) is 0.961. The Hall–Kier alpha value is -1.45. The molecule has 0 radical (unpaired) electrons. The summed E-state index contributed by atoms with van der Waals surface area (Å²) in [5.41, 5.74) is 1.14. The molecule has 1 aromatic carbocycles. The smallest absolute Gasteiger partial charge is 0.172 e. The van der Waals surface area contributed by atoms with E-state index in [0.29, 0.717) is 12.8 Å². The van der Waals surface area contributed by atoms with Gasteiger partial charge in [-0.05, 0) is 24.1 Å². The van der Waals surface area contributed by atoms with Crippen LogP contribution in [0.3, 0.4) is 0 Å². The van der Waals surface area contributed by atoms with Crippen LogP contribution < -0.4 is 0 Å². The molecule has 0 unspecified atom stereocenters. The standard InChI is InChI=1S/C14H14O2S/c15-10-4-7-12(16)14-9-8-13(17-14)11-5-2-1-3-6-11/h1-3,5-6,8-9,15H,4,7,10H2. The Morgan fingerprint density at radius 1 is 1.12 bits per heavy atom. The second kappa shape index (κ2) is 5.75. The van der Waals surface area contributed by atoms with Gasteiger partial charge in [-0.3, -0.25) is 4.79 Å². The highest BCUT2D eigenvalue weighted by Crippen LogP contribution is 2.28. The molecule has 1 N–H and O–H groups in total. The van der Waals surface area contributed by atoms with E-state index in [0.717, 1.165) is 15.3 Å². The van der Waals surface area contributed by atoms with E-state index >= 15 is 0 Å². The van der Waals surface area contributed by atoms with Gasteiger partial charge in [0, 0.05) is 17.9 Å². The second-order valence-electron chi connectivity index (χ2n) is 3.78. The zero-order valence-corrected chi connectivity index (χ0v) is 10.2. The molecule has 0 fully saturated rings. The molecule has 0 aliphatic rings. The van der Waals surface area contributed by atoms with E-state index in [1.165, 1.54) is 11.3 Å². The molecule has 88 valence electrons. The lowest BCUT2D eigenvalue weighted by Gasteiger charge is -1.96. The van der Waals surface area contributed by atoms with E-state index in [9.17, 15) is 4.79 Å². The van der Waals surface area contributed by atoms with Crippen LogP contribution in [-0.4, -0.2) is 17.5 Å². The molecule has 0 saturated carbocycles. The van der Waals surface area contributed by atoms with Gasteiger partial charge in [0.05, 0.1) is 4.88 Å². The summed E-state index contributed by atoms with van der Waals surface area (Å²) >= 11 is 1.51. The van der Waals surface area contributed by atoms with Gasteiger partial charge >= 0.3 is 0 Å². The summed E-state index contributed by atoms with van der Waals surface area (Å²) in [6.45, 7) is 0.0721. The Kier molecular flexibility index (Phi) is 4.07. The van der Waals surface area contributed by atoms with Crippen molar-refractivity contribution in [2.24, 2.45) is 0 Å². The molecule has 0 spiro atoms. The first kappa shape index (κ1) is 12.0. The Morgan fingerprint density at radius 3 is 2.59 bits per heavy atom. The molecule has 0 aliphatic carbocycles. The van der Waals surface area contributed by atoms with Gasteiger partial charge < -0.3 is 5.11 Å². The number of carbonyl (C=O) groups is 1. The predicted molar refractivity (Wildman–Crippen MR) is 70.4 cm³/mol. The lowest BCUT2D eigenvalue weighted by molar-refractivity contribution is 0.0975. The van der Waals surface area contributed by atoms with Crippen LogP contribution >= 0.6 is 11.3 Å². The number of carbonyl (C=O) groups excluding carboxylic acids is 1. The molecule has 0 aliphatic heterocycles. The molecule has 0 amide bonds. The summed E-state index contributed by atoms with van der Waals surface area (Å²) in [5, 5.41) is 8.70. The quantitative estimate of drug-likeness (QED) is 0.821. The highest BCUT2D eigenvalue weighted by Gasteiger charge is 2.09. The van der Waals surface area contributed by atoms with Crippen molar-refractivity contribution in [2.75, 3.05) is 6.61 Å². The molecule has 2 aromatic rings. The van der Waals surface area contributed by atoms with Crippen LogP contribution in [0.1, 0.15) is 22.5 Å². The molecule has 2 rings (SSSR count). The third-order valence-corrected chi connectivity index (χ3v) is 3.68. The zero-order valence-electron chi connectivity index (χ0n) is 9.43. The minimum Gasteiger partial charge on any atom is -0.396 e. The van der Waals surface area contributed by atoms with Crippen LogP contribution in [0.25, 0.3) is 10.4 Å². The van der Waals surface area contributed by atoms with Gasteiger partial charge in [-0.25, -0.2) is 0 Å². The number of rotatable bonds is 5. The highest BCUT2D eigenvalue weighted by atomic mass is 32.1. The second-order valence-corrected chi connectivity index (χ2v) is 4.86. The maximum atomic E-state index is 11.7. The van der Waals surface area contributed by atoms with Crippen molar-refractivity contribution in [1.82, 2.24) is 0 Å². The Labute approximate surface area is 105 Å². The number of aliphatic hydroxyl groups excluding tert-OH is 1. The van der Waals surface area contributed by atoms with Crippen LogP contribution in [0.2, 0.25) is 0 Å². The number of benzene rings is 1. The van der Waals surface area contributed by atoms with Crippen LogP contribution in [0, 0.1) is 0 Å². The van der Waals surface area contributed by atoms with Crippen molar-refractivity contribution < 1.29 is 9.90 Å². The van der Waals surface area contributed by atoms with Crippen molar-refractivity contribution in [3.05, 3.63) is 47.3 Å². The molecular weight excluding hydrogens is 232 g/mol. The van der Waals surface area contributed by atoms with E-state index in [2.05, 4.69) is 0 Å². The first-order valence-corrected chi connectivity index (χ1v) is 6.42. The molecule has 17 heavy (non-hydrogen) atoms. The Balaban J connectivity index is 2.14. The fourth-order valence-corrected chi connectivity index (χ4v) is 2.59. The fourth-order valence-electron chi connectivity index (χ4n) is 1.61. The molecule has 3 heteroatoms. The average Bonchev–Trinajstić information content (AvgIpc) is 2.86. The van der Waals surface area contributed by atoms with Crippen LogP contribution in [0.15, 0.2) is 42.5 Å². The maximum absolute atomic E-state index is 11.7. The zero-order chi connectivity index (χ0) is 12.1. The average molecular weight is 246 g/mol. The van der Waals surface area contributed by atoms with Gasteiger partial charge in [0.25, 0.3) is 0 Å². The van der Waals surface area contributed by atoms with Crippen molar-refractivity contribution >= 4 is 17.1 Å². The van der Waals surface area contributed by atoms with Gasteiger partial charge in [0.1, 0.15) is 0 Å². The molecule has 0 bridgehead atoms. The maximum Gasteiger partial charge on any atom is 0.172 e. The van der Waals surface area contributed by atoms with Gasteiger partial charge in [-0.15, -0.1) is 11.3 Å². The summed E-state index contributed by atoms with van der Waals surface area (Å²) in [6, 6.07) is 13.9. The van der Waals surface area contributed by atoms with E-state index in [1.807, 2.05) is 42.5 Å². The fraction of sp³-hybridized carbons (Fsp3) is 0.214. The van der Waals surface area contributed by atoms with Gasteiger partial charge in [-0.1, -0.05) is 30.3 Å². The number of Topliss-reactive ketones (excluding diaryl/α,β-unsaturated/α-hetero) is 1. The monoisotopic (exact) mass is 246 g/mol. The van der Waals surface area contributed by atoms with E-state index < -0.39 is 0 Å². The third kappa shape index (κ3) is 3.02. The van der Waals surface area contributed by atoms with Crippen LogP contribution in [0.4, 0.5) is 0 Å². The molecule has 0 saturated heterocycles. The van der Waals surface area contributed by atoms with Crippen LogP contribution in [-0.2, 0) is 0 Å². The largest absolute Gasteiger partial charge is 0.396 e. The molecule has 1 aromatic heterocycles. The SMILES string of the molecule is O=C(CCCO)c1ccc(-c2ccccc2)s1. The van der Waals surface area contributed by atoms with E-state index in [4.69, 9.17) is 5.11 Å². The Morgan fingerprint density at radius 2 is 1.88 bits per heavy atom. The van der Waals surface area contributed by atoms with Gasteiger partial charge in [0.2, 0.25) is 0 Å². The molecular formula is C14H14O2S. The lowest BCUT2D eigenvalue weighted by atomic mass is 10.2. The molecule has 2 nitrogen and oxygen atoms in total. The van der Waals surface area contributed by atoms with Crippen molar-refractivity contribution in [3.63, 3.8) is 0 Å². The number of ketones is 1. The summed E-state index contributed by atoms with van der Waals surface area (Å²) < 4.78 is 0. The summed E-state index contributed by atoms with van der Waals surface area (Å²) in [4.78, 5) is 13.6. The first-order chi connectivity index (χ1) is 8.31. The minimum absolute atomic E-state index is 0.0721. The highest BCUT2D eigenvalue weighted by molar-refractivity contribution is 7.17. The number of aliphatic hydroxyl groups is 1. The summed E-state index contributed by atoms with van der Waals surface area (Å²) in [7, 11) is 0. The number of hydrogen-bond donors (Lipinski definition) is 1. The van der Waals surface area contributed by atoms with Gasteiger partial charge in [0.15, 0.2) is 5.78 Å². The van der Waals surface area contributed by atoms with Crippen molar-refractivity contribution in [1.29, 1.82) is 0 Å². The number of hydrogen-bond acceptors (Lipinski definition) is 3. The number of thiophene rings is 1.